The van der Waals surface area contributed by atoms with Crippen LogP contribution in [0.3, 0.4) is 0 Å². The molecule has 0 bridgehead atoms. The van der Waals surface area contributed by atoms with E-state index in [2.05, 4.69) is 15.2 Å². The summed E-state index contributed by atoms with van der Waals surface area (Å²) in [7, 11) is 0. The topological polar surface area (TPSA) is 88.2 Å². The van der Waals surface area contributed by atoms with Crippen molar-refractivity contribution in [2.24, 2.45) is 5.92 Å². The second-order valence-electron chi connectivity index (χ2n) is 6.96. The highest BCUT2D eigenvalue weighted by Crippen LogP contribution is 2.25. The molecule has 1 aromatic carbocycles. The number of benzene rings is 1. The predicted octanol–water partition coefficient (Wildman–Crippen LogP) is 1.61. The molecule has 26 heavy (non-hydrogen) atoms. The van der Waals surface area contributed by atoms with Crippen LogP contribution in [-0.4, -0.2) is 57.6 Å². The number of H-pyrrole nitrogens is 1. The van der Waals surface area contributed by atoms with Crippen LogP contribution in [0.4, 0.5) is 0 Å². The van der Waals surface area contributed by atoms with E-state index in [0.717, 1.165) is 24.9 Å². The lowest BCUT2D eigenvalue weighted by Gasteiger charge is -2.23. The van der Waals surface area contributed by atoms with Gasteiger partial charge in [-0.1, -0.05) is 30.3 Å². The summed E-state index contributed by atoms with van der Waals surface area (Å²) in [4.78, 5) is 31.4. The highest BCUT2D eigenvalue weighted by atomic mass is 16.5. The lowest BCUT2D eigenvalue weighted by Crippen LogP contribution is -2.39. The molecule has 4 rings (SSSR count). The molecule has 0 spiro atoms. The summed E-state index contributed by atoms with van der Waals surface area (Å²) in [6.07, 6.45) is 2.66. The summed E-state index contributed by atoms with van der Waals surface area (Å²) in [6, 6.07) is 10.0. The molecule has 7 nitrogen and oxygen atoms in total. The standard InChI is InChI=1S/C19H22N4O3/c24-16(10-14-11-26-12-15-7-4-8-23(15)19(14)25)18-20-17(21-22-18)9-13-5-2-1-3-6-13/h1-3,5-6,14-15H,4,7-12H2,(H,20,21,22)/t14-,15+/m0/s1. The molecule has 2 fully saturated rings. The SMILES string of the molecule is O=C(C[C@H]1COC[C@H]2CCCN2C1=O)c1n[nH]c(Cc2ccccc2)n1. The van der Waals surface area contributed by atoms with Gasteiger partial charge < -0.3 is 9.64 Å². The number of ether oxygens (including phenoxy) is 1. The maximum absolute atomic E-state index is 12.7. The number of hydrogen-bond donors (Lipinski definition) is 1. The highest BCUT2D eigenvalue weighted by molar-refractivity contribution is 5.95. The van der Waals surface area contributed by atoms with Crippen LogP contribution < -0.4 is 0 Å². The highest BCUT2D eigenvalue weighted by Gasteiger charge is 2.37. The average molecular weight is 354 g/mol. The summed E-state index contributed by atoms with van der Waals surface area (Å²) in [6.45, 7) is 1.62. The Kier molecular flexibility index (Phi) is 4.79. The average Bonchev–Trinajstić information content (AvgIpc) is 3.28. The van der Waals surface area contributed by atoms with Gasteiger partial charge in [-0.2, -0.15) is 5.10 Å². The first-order valence-electron chi connectivity index (χ1n) is 9.07. The quantitative estimate of drug-likeness (QED) is 0.824. The van der Waals surface area contributed by atoms with Gasteiger partial charge in [0.15, 0.2) is 0 Å². The zero-order valence-corrected chi connectivity index (χ0v) is 14.6. The van der Waals surface area contributed by atoms with Gasteiger partial charge in [0.1, 0.15) is 5.82 Å². The number of Topliss-reactive ketones (excluding diaryl/α,β-unsaturated/α-hetero) is 1. The molecule has 2 aliphatic rings. The molecule has 2 atom stereocenters. The Morgan fingerprint density at radius 2 is 2.12 bits per heavy atom. The first-order valence-corrected chi connectivity index (χ1v) is 9.07. The Morgan fingerprint density at radius 3 is 2.96 bits per heavy atom. The third kappa shape index (κ3) is 3.53. The summed E-state index contributed by atoms with van der Waals surface area (Å²) < 4.78 is 5.65. The Balaban J connectivity index is 1.41. The number of aromatic amines is 1. The molecule has 0 aliphatic carbocycles. The molecule has 136 valence electrons. The van der Waals surface area contributed by atoms with Crippen LogP contribution in [-0.2, 0) is 16.0 Å². The lowest BCUT2D eigenvalue weighted by atomic mass is 10.0. The molecule has 0 radical (unpaired) electrons. The van der Waals surface area contributed by atoms with Crippen LogP contribution >= 0.6 is 0 Å². The van der Waals surface area contributed by atoms with Gasteiger partial charge in [0.05, 0.1) is 25.2 Å². The largest absolute Gasteiger partial charge is 0.378 e. The number of hydrogen-bond acceptors (Lipinski definition) is 5. The second-order valence-corrected chi connectivity index (χ2v) is 6.96. The Bertz CT molecular complexity index is 789. The number of nitrogens with zero attached hydrogens (tertiary/aromatic N) is 3. The molecule has 3 heterocycles. The van der Waals surface area contributed by atoms with E-state index in [1.807, 2.05) is 35.2 Å². The summed E-state index contributed by atoms with van der Waals surface area (Å²) in [5, 5.41) is 6.87. The van der Waals surface area contributed by atoms with E-state index in [1.54, 1.807) is 0 Å². The van der Waals surface area contributed by atoms with E-state index in [-0.39, 0.29) is 30.0 Å². The molecule has 0 unspecified atom stereocenters. The predicted molar refractivity (Wildman–Crippen MR) is 93.6 cm³/mol. The van der Waals surface area contributed by atoms with Crippen molar-refractivity contribution in [3.63, 3.8) is 0 Å². The molecule has 2 aromatic rings. The van der Waals surface area contributed by atoms with Crippen molar-refractivity contribution in [1.29, 1.82) is 0 Å². The number of aromatic nitrogens is 3. The minimum absolute atomic E-state index is 0.0263. The van der Waals surface area contributed by atoms with Crippen LogP contribution in [0.1, 0.15) is 41.3 Å². The fourth-order valence-corrected chi connectivity index (χ4v) is 3.70. The number of ketones is 1. The number of amides is 1. The van der Waals surface area contributed by atoms with Gasteiger partial charge in [-0.3, -0.25) is 14.7 Å². The van der Waals surface area contributed by atoms with Crippen molar-refractivity contribution in [3.8, 4) is 0 Å². The van der Waals surface area contributed by atoms with Crippen molar-refractivity contribution in [2.75, 3.05) is 19.8 Å². The van der Waals surface area contributed by atoms with Gasteiger partial charge >= 0.3 is 0 Å². The number of carbonyl (C=O) groups is 2. The van der Waals surface area contributed by atoms with E-state index >= 15 is 0 Å². The van der Waals surface area contributed by atoms with Gasteiger partial charge in [0, 0.05) is 19.4 Å². The molecule has 7 heteroatoms. The van der Waals surface area contributed by atoms with Crippen LogP contribution in [0.5, 0.6) is 0 Å². The number of fused-ring (bicyclic) bond motifs is 1. The Labute approximate surface area is 151 Å². The maximum Gasteiger partial charge on any atom is 0.228 e. The van der Waals surface area contributed by atoms with Crippen LogP contribution in [0.2, 0.25) is 0 Å². The monoisotopic (exact) mass is 354 g/mol. The molecular formula is C19H22N4O3. The van der Waals surface area contributed by atoms with E-state index in [1.165, 1.54) is 0 Å². The van der Waals surface area contributed by atoms with E-state index < -0.39 is 5.92 Å². The van der Waals surface area contributed by atoms with Crippen LogP contribution in [0, 0.1) is 5.92 Å². The summed E-state index contributed by atoms with van der Waals surface area (Å²) in [5.41, 5.74) is 1.09. The molecule has 1 amide bonds. The number of carbonyl (C=O) groups excluding carboxylic acids is 2. The van der Waals surface area contributed by atoms with E-state index in [9.17, 15) is 9.59 Å². The normalized spacial score (nSPS) is 22.9. The van der Waals surface area contributed by atoms with Gasteiger partial charge in [-0.05, 0) is 18.4 Å². The minimum Gasteiger partial charge on any atom is -0.378 e. The van der Waals surface area contributed by atoms with E-state index in [0.29, 0.717) is 25.5 Å². The van der Waals surface area contributed by atoms with Gasteiger partial charge in [0.2, 0.25) is 17.5 Å². The number of nitrogens with one attached hydrogen (secondary N) is 1. The molecular weight excluding hydrogens is 332 g/mol. The van der Waals surface area contributed by atoms with Gasteiger partial charge in [0.25, 0.3) is 0 Å². The third-order valence-corrected chi connectivity index (χ3v) is 5.07. The lowest BCUT2D eigenvalue weighted by molar-refractivity contribution is -0.135. The fourth-order valence-electron chi connectivity index (χ4n) is 3.70. The Hall–Kier alpha value is -2.54. The van der Waals surface area contributed by atoms with Crippen molar-refractivity contribution in [2.45, 2.75) is 31.7 Å². The second kappa shape index (κ2) is 7.37. The van der Waals surface area contributed by atoms with Gasteiger partial charge in [-0.15, -0.1) is 0 Å². The van der Waals surface area contributed by atoms with Crippen molar-refractivity contribution < 1.29 is 14.3 Å². The minimum atomic E-state index is -0.443. The van der Waals surface area contributed by atoms with Crippen LogP contribution in [0.15, 0.2) is 30.3 Å². The molecule has 1 N–H and O–H groups in total. The Morgan fingerprint density at radius 1 is 1.27 bits per heavy atom. The molecule has 1 aromatic heterocycles. The molecule has 0 saturated carbocycles. The van der Waals surface area contributed by atoms with E-state index in [4.69, 9.17) is 4.74 Å². The fraction of sp³-hybridized carbons (Fsp3) is 0.474. The van der Waals surface area contributed by atoms with Gasteiger partial charge in [-0.25, -0.2) is 4.98 Å². The summed E-state index contributed by atoms with van der Waals surface area (Å²) in [5.74, 6) is 0.147. The maximum atomic E-state index is 12.7. The zero-order chi connectivity index (χ0) is 17.9. The first kappa shape index (κ1) is 16.9. The smallest absolute Gasteiger partial charge is 0.228 e. The van der Waals surface area contributed by atoms with Crippen molar-refractivity contribution in [1.82, 2.24) is 20.1 Å². The zero-order valence-electron chi connectivity index (χ0n) is 14.6. The summed E-state index contributed by atoms with van der Waals surface area (Å²) >= 11 is 0. The first-order chi connectivity index (χ1) is 12.7. The van der Waals surface area contributed by atoms with Crippen molar-refractivity contribution in [3.05, 3.63) is 47.5 Å². The van der Waals surface area contributed by atoms with Crippen molar-refractivity contribution >= 4 is 11.7 Å². The third-order valence-electron chi connectivity index (χ3n) is 5.07. The molecule has 2 aliphatic heterocycles. The molecule has 2 saturated heterocycles. The van der Waals surface area contributed by atoms with Crippen LogP contribution in [0.25, 0.3) is 0 Å². The number of rotatable bonds is 5.